The number of aliphatic hydroxyl groups excluding tert-OH is 1. The molecule has 1 saturated heterocycles. The molecule has 0 radical (unpaired) electrons. The number of fused-ring (bicyclic) bond motifs is 2. The molecule has 1 heterocycles. The summed E-state index contributed by atoms with van der Waals surface area (Å²) in [7, 11) is 9.51. The maximum absolute atomic E-state index is 14.9. The first-order chi connectivity index (χ1) is 33.1. The Kier molecular flexibility index (Phi) is 17.1. The zero-order valence-electron chi connectivity index (χ0n) is 42.2. The number of amides is 3. The standard InChI is InChI=1S/C56H76N6O7/c1-36-47-31-43(56(47,3)4)32-48(36)59-54(65)51-50(37(2)68-55(66)57-26-17-16-21-38-19-12-10-13-20-38)49(35-63)69-62(51)33-40-24-18-25-46(52(40)67-9)41-28-42(30-45(29-41)61(7)8)53(64)58-44(34-60(5)6)27-39-22-14-11-15-23-39/h10-15,18-20,22-25,28-30,36-37,43-44,47-51,63H,16-17,21,26-27,31-35H2,1-9H3,(H,57,66)(H,58,64)(H,59,65)/t36-,37-,43+,44-,47-,48?,49?,50+,51-/m0/s1. The molecule has 3 aliphatic carbocycles. The fourth-order valence-electron chi connectivity index (χ4n) is 11.3. The number of hydroxylamine groups is 2. The Morgan fingerprint density at radius 1 is 0.913 bits per heavy atom. The van der Waals surface area contributed by atoms with E-state index in [9.17, 15) is 19.5 Å². The summed E-state index contributed by atoms with van der Waals surface area (Å²) in [5, 5.41) is 22.1. The number of hydrogen-bond acceptors (Lipinski definition) is 10. The van der Waals surface area contributed by atoms with Crippen LogP contribution >= 0.6 is 0 Å². The predicted octanol–water partition coefficient (Wildman–Crippen LogP) is 7.75. The lowest BCUT2D eigenvalue weighted by molar-refractivity contribution is -0.183. The van der Waals surface area contributed by atoms with Crippen LogP contribution in [0.4, 0.5) is 10.5 Å². The summed E-state index contributed by atoms with van der Waals surface area (Å²) >= 11 is 0. The predicted molar refractivity (Wildman–Crippen MR) is 272 cm³/mol. The van der Waals surface area contributed by atoms with Crippen LogP contribution in [0, 0.1) is 29.1 Å². The normalized spacial score (nSPS) is 23.6. The van der Waals surface area contributed by atoms with E-state index < -0.39 is 36.9 Å². The highest BCUT2D eigenvalue weighted by atomic mass is 16.7. The number of para-hydroxylation sites is 1. The van der Waals surface area contributed by atoms with Gasteiger partial charge in [0.05, 0.1) is 26.2 Å². The quantitative estimate of drug-likeness (QED) is 0.0613. The van der Waals surface area contributed by atoms with E-state index in [1.54, 1.807) is 19.1 Å². The summed E-state index contributed by atoms with van der Waals surface area (Å²) in [6, 6.07) is 31.0. The van der Waals surface area contributed by atoms with Crippen molar-refractivity contribution in [2.75, 3.05) is 59.9 Å². The Morgan fingerprint density at radius 3 is 2.26 bits per heavy atom. The molecule has 0 aromatic heterocycles. The van der Waals surface area contributed by atoms with Gasteiger partial charge in [-0.1, -0.05) is 99.6 Å². The van der Waals surface area contributed by atoms with Gasteiger partial charge in [-0.2, -0.15) is 5.06 Å². The van der Waals surface area contributed by atoms with Crippen molar-refractivity contribution in [2.45, 2.75) is 103 Å². The Balaban J connectivity index is 1.13. The molecule has 3 amide bonds. The summed E-state index contributed by atoms with van der Waals surface area (Å²) in [4.78, 5) is 53.0. The van der Waals surface area contributed by atoms with Crippen molar-refractivity contribution in [3.05, 3.63) is 119 Å². The number of nitrogens with zero attached hydrogens (tertiary/aromatic N) is 3. The summed E-state index contributed by atoms with van der Waals surface area (Å²) in [6.07, 6.45) is 3.15. The molecule has 9 atom stereocenters. The van der Waals surface area contributed by atoms with Crippen LogP contribution in [-0.4, -0.2) is 118 Å². The van der Waals surface area contributed by atoms with Gasteiger partial charge in [-0.3, -0.25) is 14.4 Å². The number of anilines is 1. The Morgan fingerprint density at radius 2 is 1.62 bits per heavy atom. The molecule has 4 aromatic carbocycles. The first-order valence-electron chi connectivity index (χ1n) is 24.9. The number of likely N-dealkylation sites (N-methyl/N-ethyl adjacent to an activating group) is 1. The second-order valence-corrected chi connectivity index (χ2v) is 20.8. The molecule has 372 valence electrons. The molecule has 4 aliphatic rings. The van der Waals surface area contributed by atoms with Crippen LogP contribution in [0.1, 0.15) is 80.4 Å². The molecule has 1 aliphatic heterocycles. The highest BCUT2D eigenvalue weighted by Crippen LogP contribution is 2.61. The van der Waals surface area contributed by atoms with Gasteiger partial charge in [0, 0.05) is 61.6 Å². The number of aliphatic hydroxyl groups is 1. The van der Waals surface area contributed by atoms with Crippen LogP contribution in [0.15, 0.2) is 97.1 Å². The number of rotatable bonds is 21. The van der Waals surface area contributed by atoms with E-state index in [-0.39, 0.29) is 41.8 Å². The van der Waals surface area contributed by atoms with Crippen molar-refractivity contribution in [3.8, 4) is 16.9 Å². The zero-order valence-corrected chi connectivity index (χ0v) is 42.2. The minimum Gasteiger partial charge on any atom is -0.496 e. The molecule has 13 heteroatoms. The molecule has 69 heavy (non-hydrogen) atoms. The molecule has 2 bridgehead atoms. The van der Waals surface area contributed by atoms with Crippen LogP contribution in [0.25, 0.3) is 11.1 Å². The Labute approximate surface area is 410 Å². The van der Waals surface area contributed by atoms with Gasteiger partial charge in [0.25, 0.3) is 5.91 Å². The number of alkyl carbamates (subject to hydrolysis) is 1. The van der Waals surface area contributed by atoms with Gasteiger partial charge < -0.3 is 40.3 Å². The fourth-order valence-corrected chi connectivity index (χ4v) is 11.3. The Bertz CT molecular complexity index is 2340. The van der Waals surface area contributed by atoms with Crippen LogP contribution in [0.2, 0.25) is 0 Å². The van der Waals surface area contributed by atoms with Gasteiger partial charge in [-0.05, 0) is 118 Å². The summed E-state index contributed by atoms with van der Waals surface area (Å²) in [5.41, 5.74) is 6.25. The second-order valence-electron chi connectivity index (χ2n) is 20.8. The van der Waals surface area contributed by atoms with E-state index in [1.807, 2.05) is 106 Å². The van der Waals surface area contributed by atoms with Gasteiger partial charge in [-0.25, -0.2) is 4.79 Å². The van der Waals surface area contributed by atoms with Crippen molar-refractivity contribution in [2.24, 2.45) is 29.1 Å². The highest BCUT2D eigenvalue weighted by molar-refractivity contribution is 5.97. The minimum atomic E-state index is -0.916. The van der Waals surface area contributed by atoms with E-state index >= 15 is 0 Å². The number of carbonyl (C=O) groups is 3. The van der Waals surface area contributed by atoms with Crippen molar-refractivity contribution in [3.63, 3.8) is 0 Å². The van der Waals surface area contributed by atoms with Crippen molar-refractivity contribution >= 4 is 23.6 Å². The molecule has 4 fully saturated rings. The smallest absolute Gasteiger partial charge is 0.407 e. The highest BCUT2D eigenvalue weighted by Gasteiger charge is 2.57. The summed E-state index contributed by atoms with van der Waals surface area (Å²) < 4.78 is 12.2. The van der Waals surface area contributed by atoms with Gasteiger partial charge >= 0.3 is 6.09 Å². The first-order valence-corrected chi connectivity index (χ1v) is 24.9. The van der Waals surface area contributed by atoms with Crippen molar-refractivity contribution in [1.82, 2.24) is 25.9 Å². The summed E-state index contributed by atoms with van der Waals surface area (Å²) in [5.74, 6) is 0.762. The number of nitrogens with one attached hydrogen (secondary N) is 3. The van der Waals surface area contributed by atoms with Crippen LogP contribution in [-0.2, 0) is 33.8 Å². The number of carbonyl (C=O) groups excluding carboxylic acids is 3. The summed E-state index contributed by atoms with van der Waals surface area (Å²) in [6.45, 7) is 9.53. The average Bonchev–Trinajstić information content (AvgIpc) is 3.70. The van der Waals surface area contributed by atoms with E-state index in [2.05, 4.69) is 65.9 Å². The van der Waals surface area contributed by atoms with Crippen molar-refractivity contribution in [1.29, 1.82) is 0 Å². The lowest BCUT2D eigenvalue weighted by Crippen LogP contribution is -2.62. The van der Waals surface area contributed by atoms with Crippen LogP contribution < -0.4 is 25.6 Å². The van der Waals surface area contributed by atoms with E-state index in [1.165, 1.54) is 12.0 Å². The SMILES string of the molecule is COc1c(CN2OC(CO)[C@@H]([C@H](C)OC(=O)NCCCCc3ccccc3)[C@H]2C(=O)NC2C[C@H]3C[C@@H]([C@@H]2C)C3(C)C)cccc1-c1cc(C(=O)N[C@@H](Cc2ccccc2)CN(C)C)cc(N(C)C)c1. The molecule has 4 aromatic rings. The fraction of sp³-hybridized carbons (Fsp3) is 0.518. The average molecular weight is 945 g/mol. The largest absolute Gasteiger partial charge is 0.496 e. The minimum absolute atomic E-state index is 0.0231. The maximum atomic E-state index is 14.9. The lowest BCUT2D eigenvalue weighted by atomic mass is 9.45. The van der Waals surface area contributed by atoms with E-state index in [0.29, 0.717) is 42.7 Å². The van der Waals surface area contributed by atoms with Gasteiger partial charge in [0.15, 0.2) is 0 Å². The molecule has 4 N–H and O–H groups in total. The van der Waals surface area contributed by atoms with Crippen LogP contribution in [0.3, 0.4) is 0 Å². The van der Waals surface area contributed by atoms with Gasteiger partial charge in [0.2, 0.25) is 5.91 Å². The number of benzene rings is 4. The monoisotopic (exact) mass is 945 g/mol. The third-order valence-electron chi connectivity index (χ3n) is 15.2. The van der Waals surface area contributed by atoms with Gasteiger partial charge in [-0.15, -0.1) is 0 Å². The molecule has 2 unspecified atom stereocenters. The van der Waals surface area contributed by atoms with E-state index in [4.69, 9.17) is 14.3 Å². The maximum Gasteiger partial charge on any atom is 0.407 e. The molecule has 8 rings (SSSR count). The number of methoxy groups -OCH3 is 1. The Hall–Kier alpha value is -5.47. The molecule has 3 saturated carbocycles. The topological polar surface area (TPSA) is 145 Å². The molecule has 13 nitrogen and oxygen atoms in total. The lowest BCUT2D eigenvalue weighted by Gasteiger charge is -2.62. The molecule has 0 spiro atoms. The number of ether oxygens (including phenoxy) is 2. The van der Waals surface area contributed by atoms with Crippen molar-refractivity contribution < 1.29 is 33.8 Å². The third-order valence-corrected chi connectivity index (χ3v) is 15.2. The number of hydrogen-bond donors (Lipinski definition) is 4. The third kappa shape index (κ3) is 12.3. The first kappa shape index (κ1) is 51.4. The zero-order chi connectivity index (χ0) is 49.4. The van der Waals surface area contributed by atoms with Gasteiger partial charge in [0.1, 0.15) is 24.0 Å². The molecular weight excluding hydrogens is 869 g/mol. The number of aryl methyl sites for hydroxylation is 1. The van der Waals surface area contributed by atoms with E-state index in [0.717, 1.165) is 53.6 Å². The number of unbranched alkanes of at least 4 members (excludes halogenated alkanes) is 1. The molecular formula is C56H76N6O7. The second kappa shape index (κ2) is 23.0. The van der Waals surface area contributed by atoms with Crippen LogP contribution in [0.5, 0.6) is 5.75 Å².